The van der Waals surface area contributed by atoms with Crippen molar-refractivity contribution in [2.75, 3.05) is 6.54 Å². The summed E-state index contributed by atoms with van der Waals surface area (Å²) >= 11 is 3.33. The van der Waals surface area contributed by atoms with Crippen molar-refractivity contribution in [2.24, 2.45) is 0 Å². The van der Waals surface area contributed by atoms with E-state index in [0.717, 1.165) is 16.7 Å². The summed E-state index contributed by atoms with van der Waals surface area (Å²) in [6.07, 6.45) is 2.22. The summed E-state index contributed by atoms with van der Waals surface area (Å²) in [5, 5.41) is 2.70. The summed E-state index contributed by atoms with van der Waals surface area (Å²) < 4.78 is 3.04. The molecule has 3 rings (SSSR count). The molecule has 0 radical (unpaired) electrons. The highest BCUT2D eigenvalue weighted by Gasteiger charge is 2.27. The maximum absolute atomic E-state index is 12.6. The van der Waals surface area contributed by atoms with Crippen LogP contribution in [0.25, 0.3) is 0 Å². The van der Waals surface area contributed by atoms with Gasteiger partial charge in [0.15, 0.2) is 5.78 Å². The summed E-state index contributed by atoms with van der Waals surface area (Å²) in [4.78, 5) is 39.0. The van der Waals surface area contributed by atoms with Crippen LogP contribution in [0, 0.1) is 0 Å². The normalized spacial score (nSPS) is 17.0. The molecule has 0 saturated carbocycles. The number of amides is 2. The molecule has 2 aromatic rings. The first-order chi connectivity index (χ1) is 13.4. The van der Waals surface area contributed by atoms with Crippen LogP contribution in [-0.2, 0) is 16.1 Å². The highest BCUT2D eigenvalue weighted by atomic mass is 79.9. The third kappa shape index (κ3) is 4.52. The average molecular weight is 446 g/mol. The zero-order chi connectivity index (χ0) is 20.3. The molecular weight excluding hydrogens is 422 g/mol. The van der Waals surface area contributed by atoms with E-state index in [0.29, 0.717) is 12.1 Å². The lowest BCUT2D eigenvalue weighted by Crippen LogP contribution is -2.42. The minimum atomic E-state index is -0.638. The Morgan fingerprint density at radius 3 is 2.57 bits per heavy atom. The van der Waals surface area contributed by atoms with Gasteiger partial charge in [0.05, 0.1) is 12.1 Å². The van der Waals surface area contributed by atoms with Crippen molar-refractivity contribution in [1.29, 1.82) is 0 Å². The predicted molar refractivity (Wildman–Crippen MR) is 110 cm³/mol. The number of benzene rings is 1. The second-order valence-corrected chi connectivity index (χ2v) is 7.97. The van der Waals surface area contributed by atoms with Gasteiger partial charge in [-0.25, -0.2) is 0 Å². The van der Waals surface area contributed by atoms with Crippen LogP contribution < -0.4 is 5.32 Å². The quantitative estimate of drug-likeness (QED) is 0.693. The second kappa shape index (κ2) is 8.73. The van der Waals surface area contributed by atoms with Crippen LogP contribution in [0.2, 0.25) is 0 Å². The standard InChI is InChI=1S/C21H24BrN3O3/c1-14(21(28)16-5-7-17(22)8-6-16)23-19(26)9-10-20(27)25-13-12-24-11-3-4-18(24)15(25)2/h3-8,11,14-15H,9-10,12-13H2,1-2H3,(H,23,26)/t14-,15-/m0/s1. The van der Waals surface area contributed by atoms with Crippen LogP contribution in [0.3, 0.4) is 0 Å². The molecule has 6 nitrogen and oxygen atoms in total. The van der Waals surface area contributed by atoms with E-state index in [1.165, 1.54) is 0 Å². The SMILES string of the molecule is C[C@H](NC(=O)CCC(=O)N1CCn2cccc2[C@@H]1C)C(=O)c1ccc(Br)cc1. The molecule has 7 heteroatoms. The zero-order valence-corrected chi connectivity index (χ0v) is 17.6. The first kappa shape index (κ1) is 20.3. The van der Waals surface area contributed by atoms with Crippen molar-refractivity contribution < 1.29 is 14.4 Å². The summed E-state index contributed by atoms with van der Waals surface area (Å²) in [5.41, 5.74) is 1.65. The Balaban J connectivity index is 1.49. The van der Waals surface area contributed by atoms with Gasteiger partial charge in [0, 0.05) is 47.9 Å². The molecule has 0 fully saturated rings. The molecule has 0 aliphatic carbocycles. The highest BCUT2D eigenvalue weighted by molar-refractivity contribution is 9.10. The number of fused-ring (bicyclic) bond motifs is 1. The molecule has 2 heterocycles. The van der Waals surface area contributed by atoms with E-state index >= 15 is 0 Å². The highest BCUT2D eigenvalue weighted by Crippen LogP contribution is 2.26. The van der Waals surface area contributed by atoms with Gasteiger partial charge in [0.25, 0.3) is 0 Å². The molecule has 1 aliphatic heterocycles. The Kier molecular flexibility index (Phi) is 6.34. The monoisotopic (exact) mass is 445 g/mol. The molecule has 2 amide bonds. The number of aromatic nitrogens is 1. The number of nitrogens with one attached hydrogen (secondary N) is 1. The fraction of sp³-hybridized carbons (Fsp3) is 0.381. The summed E-state index contributed by atoms with van der Waals surface area (Å²) in [5.74, 6) is -0.487. The summed E-state index contributed by atoms with van der Waals surface area (Å²) in [6, 6.07) is 10.4. The van der Waals surface area contributed by atoms with Crippen LogP contribution >= 0.6 is 15.9 Å². The Morgan fingerprint density at radius 2 is 1.86 bits per heavy atom. The van der Waals surface area contributed by atoms with Crippen LogP contribution in [0.15, 0.2) is 47.1 Å². The van der Waals surface area contributed by atoms with Crippen LogP contribution in [0.4, 0.5) is 0 Å². The smallest absolute Gasteiger partial charge is 0.223 e. The van der Waals surface area contributed by atoms with Crippen LogP contribution in [0.5, 0.6) is 0 Å². The lowest BCUT2D eigenvalue weighted by molar-refractivity contribution is -0.136. The van der Waals surface area contributed by atoms with Crippen molar-refractivity contribution in [3.63, 3.8) is 0 Å². The van der Waals surface area contributed by atoms with E-state index in [-0.39, 0.29) is 36.5 Å². The van der Waals surface area contributed by atoms with Crippen molar-refractivity contribution in [1.82, 2.24) is 14.8 Å². The van der Waals surface area contributed by atoms with Crippen molar-refractivity contribution in [3.8, 4) is 0 Å². The van der Waals surface area contributed by atoms with Crippen LogP contribution in [0.1, 0.15) is 48.8 Å². The van der Waals surface area contributed by atoms with Crippen molar-refractivity contribution in [2.45, 2.75) is 45.3 Å². The summed E-state index contributed by atoms with van der Waals surface area (Å²) in [6.45, 7) is 5.07. The largest absolute Gasteiger partial charge is 0.348 e. The third-order valence-corrected chi connectivity index (χ3v) is 5.66. The average Bonchev–Trinajstić information content (AvgIpc) is 3.16. The van der Waals surface area contributed by atoms with E-state index in [1.807, 2.05) is 30.2 Å². The van der Waals surface area contributed by atoms with Gasteiger partial charge in [0.2, 0.25) is 11.8 Å². The molecule has 2 atom stereocenters. The molecule has 0 saturated heterocycles. The number of carbonyl (C=O) groups is 3. The number of halogens is 1. The third-order valence-electron chi connectivity index (χ3n) is 5.13. The van der Waals surface area contributed by atoms with Gasteiger partial charge in [-0.2, -0.15) is 0 Å². The molecule has 28 heavy (non-hydrogen) atoms. The molecule has 1 aliphatic rings. The molecule has 0 bridgehead atoms. The number of ketones is 1. The number of nitrogens with zero attached hydrogens (tertiary/aromatic N) is 2. The minimum Gasteiger partial charge on any atom is -0.348 e. The topological polar surface area (TPSA) is 71.4 Å². The molecule has 0 unspecified atom stereocenters. The Bertz CT molecular complexity index is 875. The number of carbonyl (C=O) groups excluding carboxylic acids is 3. The van der Waals surface area contributed by atoms with Crippen LogP contribution in [-0.4, -0.2) is 39.7 Å². The van der Waals surface area contributed by atoms with E-state index < -0.39 is 6.04 Å². The predicted octanol–water partition coefficient (Wildman–Crippen LogP) is 3.32. The number of rotatable bonds is 6. The zero-order valence-electron chi connectivity index (χ0n) is 16.0. The maximum atomic E-state index is 12.6. The van der Waals surface area contributed by atoms with Gasteiger partial charge < -0.3 is 14.8 Å². The fourth-order valence-corrected chi connectivity index (χ4v) is 3.79. The van der Waals surface area contributed by atoms with Gasteiger partial charge in [-0.1, -0.05) is 28.1 Å². The van der Waals surface area contributed by atoms with Gasteiger partial charge in [0.1, 0.15) is 0 Å². The first-order valence-electron chi connectivity index (χ1n) is 9.40. The van der Waals surface area contributed by atoms with Gasteiger partial charge in [-0.15, -0.1) is 0 Å². The Hall–Kier alpha value is -2.41. The lowest BCUT2D eigenvalue weighted by atomic mass is 10.1. The van der Waals surface area contributed by atoms with E-state index in [4.69, 9.17) is 0 Å². The van der Waals surface area contributed by atoms with Crippen molar-refractivity contribution in [3.05, 3.63) is 58.3 Å². The lowest BCUT2D eigenvalue weighted by Gasteiger charge is -2.35. The second-order valence-electron chi connectivity index (χ2n) is 7.05. The minimum absolute atomic E-state index is 0.00258. The van der Waals surface area contributed by atoms with Gasteiger partial charge >= 0.3 is 0 Å². The molecule has 1 aromatic heterocycles. The number of hydrogen-bond acceptors (Lipinski definition) is 3. The molecular formula is C21H24BrN3O3. The van der Waals surface area contributed by atoms with Crippen molar-refractivity contribution >= 4 is 33.5 Å². The first-order valence-corrected chi connectivity index (χ1v) is 10.2. The molecule has 0 spiro atoms. The molecule has 148 valence electrons. The Labute approximate surface area is 173 Å². The Morgan fingerprint density at radius 1 is 1.14 bits per heavy atom. The fourth-order valence-electron chi connectivity index (χ4n) is 3.53. The number of Topliss-reactive ketones (excluding diaryl/α,β-unsaturated/α-hetero) is 1. The van der Waals surface area contributed by atoms with E-state index in [1.54, 1.807) is 31.2 Å². The van der Waals surface area contributed by atoms with E-state index in [2.05, 4.69) is 25.8 Å². The summed E-state index contributed by atoms with van der Waals surface area (Å²) in [7, 11) is 0. The number of hydrogen-bond donors (Lipinski definition) is 1. The molecule has 1 aromatic carbocycles. The van der Waals surface area contributed by atoms with Gasteiger partial charge in [-0.3, -0.25) is 14.4 Å². The maximum Gasteiger partial charge on any atom is 0.223 e. The van der Waals surface area contributed by atoms with Gasteiger partial charge in [-0.05, 0) is 38.1 Å². The van der Waals surface area contributed by atoms with E-state index in [9.17, 15) is 14.4 Å². The molecule has 1 N–H and O–H groups in total.